The molecule has 0 heterocycles. The van der Waals surface area contributed by atoms with Crippen LogP contribution in [0.25, 0.3) is 0 Å². The van der Waals surface area contributed by atoms with Gasteiger partial charge in [0, 0.05) is 17.3 Å². The molecule has 0 aromatic heterocycles. The van der Waals surface area contributed by atoms with Crippen LogP contribution in [-0.4, -0.2) is 5.78 Å². The van der Waals surface area contributed by atoms with Crippen LogP contribution in [-0.2, 0) is 11.2 Å². The lowest BCUT2D eigenvalue weighted by Gasteiger charge is -2.04. The van der Waals surface area contributed by atoms with E-state index in [9.17, 15) is 4.79 Å². The van der Waals surface area contributed by atoms with Gasteiger partial charge in [-0.1, -0.05) is 53.2 Å². The molecule has 0 amide bonds. The summed E-state index contributed by atoms with van der Waals surface area (Å²) in [5.41, 5.74) is 2.05. The summed E-state index contributed by atoms with van der Waals surface area (Å²) >= 11 is 3.43. The molecule has 1 aromatic carbocycles. The highest BCUT2D eigenvalue weighted by molar-refractivity contribution is 9.10. The summed E-state index contributed by atoms with van der Waals surface area (Å²) in [4.78, 5) is 11.7. The molecular formula is C13H15BrO. The van der Waals surface area contributed by atoms with Gasteiger partial charge in [0.05, 0.1) is 0 Å². The maximum atomic E-state index is 11.7. The summed E-state index contributed by atoms with van der Waals surface area (Å²) < 4.78 is 1.00. The van der Waals surface area contributed by atoms with E-state index in [1.165, 1.54) is 0 Å². The van der Waals surface area contributed by atoms with Crippen LogP contribution in [0.15, 0.2) is 40.9 Å². The van der Waals surface area contributed by atoms with Gasteiger partial charge in [-0.2, -0.15) is 0 Å². The zero-order valence-electron chi connectivity index (χ0n) is 8.92. The molecule has 0 spiro atoms. The number of hydrogen-bond donors (Lipinski definition) is 0. The smallest absolute Gasteiger partial charge is 0.141 e. The number of allylic oxidation sites excluding steroid dienone is 1. The van der Waals surface area contributed by atoms with Crippen LogP contribution in [0.1, 0.15) is 25.3 Å². The third-order valence-electron chi connectivity index (χ3n) is 2.29. The van der Waals surface area contributed by atoms with E-state index in [-0.39, 0.29) is 5.78 Å². The molecule has 0 aliphatic heterocycles. The molecule has 0 unspecified atom stereocenters. The molecule has 1 aromatic rings. The maximum absolute atomic E-state index is 11.7. The molecule has 0 aliphatic carbocycles. The van der Waals surface area contributed by atoms with Crippen molar-refractivity contribution in [2.24, 2.45) is 0 Å². The van der Waals surface area contributed by atoms with Gasteiger partial charge in [-0.25, -0.2) is 0 Å². The highest BCUT2D eigenvalue weighted by Gasteiger charge is 2.07. The predicted octanol–water partition coefficient (Wildman–Crippen LogP) is 3.92. The molecule has 1 rings (SSSR count). The molecule has 0 saturated heterocycles. The van der Waals surface area contributed by atoms with Crippen molar-refractivity contribution in [1.29, 1.82) is 0 Å². The molecule has 80 valence electrons. The lowest BCUT2D eigenvalue weighted by Crippen LogP contribution is -2.04. The molecule has 0 N–H and O–H groups in total. The van der Waals surface area contributed by atoms with Crippen molar-refractivity contribution in [1.82, 2.24) is 0 Å². The number of rotatable bonds is 5. The fourth-order valence-electron chi connectivity index (χ4n) is 1.32. The summed E-state index contributed by atoms with van der Waals surface area (Å²) in [6.45, 7) is 5.87. The Balaban J connectivity index is 2.59. The molecule has 1 nitrogen and oxygen atoms in total. The van der Waals surface area contributed by atoms with Crippen LogP contribution >= 0.6 is 15.9 Å². The van der Waals surface area contributed by atoms with Crippen LogP contribution in [0.5, 0.6) is 0 Å². The Morgan fingerprint density at radius 2 is 2.07 bits per heavy atom. The maximum Gasteiger partial charge on any atom is 0.141 e. The van der Waals surface area contributed by atoms with Gasteiger partial charge in [-0.05, 0) is 18.1 Å². The number of carbonyl (C=O) groups is 1. The van der Waals surface area contributed by atoms with E-state index >= 15 is 0 Å². The Labute approximate surface area is 99.3 Å². The summed E-state index contributed by atoms with van der Waals surface area (Å²) in [6, 6.07) is 7.82. The first kappa shape index (κ1) is 12.2. The van der Waals surface area contributed by atoms with E-state index in [0.29, 0.717) is 12.8 Å². The topological polar surface area (TPSA) is 17.1 Å². The van der Waals surface area contributed by atoms with Gasteiger partial charge >= 0.3 is 0 Å². The van der Waals surface area contributed by atoms with Gasteiger partial charge in [-0.15, -0.1) is 0 Å². The van der Waals surface area contributed by atoms with Crippen molar-refractivity contribution in [3.05, 3.63) is 46.5 Å². The fraction of sp³-hybridized carbons (Fsp3) is 0.308. The Morgan fingerprint density at radius 1 is 1.40 bits per heavy atom. The Hall–Kier alpha value is -0.890. The number of hydrogen-bond acceptors (Lipinski definition) is 1. The Kier molecular flexibility index (Phi) is 4.76. The van der Waals surface area contributed by atoms with E-state index in [1.807, 2.05) is 31.2 Å². The van der Waals surface area contributed by atoms with Gasteiger partial charge in [0.25, 0.3) is 0 Å². The van der Waals surface area contributed by atoms with Crippen molar-refractivity contribution in [2.45, 2.75) is 26.2 Å². The van der Waals surface area contributed by atoms with Crippen LogP contribution in [0, 0.1) is 0 Å². The van der Waals surface area contributed by atoms with Crippen molar-refractivity contribution >= 4 is 21.7 Å². The van der Waals surface area contributed by atoms with Crippen molar-refractivity contribution in [3.8, 4) is 0 Å². The monoisotopic (exact) mass is 266 g/mol. The average molecular weight is 267 g/mol. The Bertz CT molecular complexity index is 369. The van der Waals surface area contributed by atoms with Gasteiger partial charge in [0.2, 0.25) is 0 Å². The average Bonchev–Trinajstić information content (AvgIpc) is 2.21. The molecule has 0 atom stereocenters. The summed E-state index contributed by atoms with van der Waals surface area (Å²) in [5, 5.41) is 0. The van der Waals surface area contributed by atoms with Gasteiger partial charge in [-0.3, -0.25) is 4.79 Å². The first-order valence-electron chi connectivity index (χ1n) is 5.05. The second-order valence-corrected chi connectivity index (χ2v) is 4.44. The molecule has 0 radical (unpaired) electrons. The third-order valence-corrected chi connectivity index (χ3v) is 3.07. The van der Waals surface area contributed by atoms with E-state index < -0.39 is 0 Å². The van der Waals surface area contributed by atoms with Crippen LogP contribution in [0.2, 0.25) is 0 Å². The second-order valence-electron chi connectivity index (χ2n) is 3.59. The molecule has 0 bridgehead atoms. The molecule has 0 saturated carbocycles. The van der Waals surface area contributed by atoms with Crippen molar-refractivity contribution in [2.75, 3.05) is 0 Å². The Morgan fingerprint density at radius 3 is 2.67 bits per heavy atom. The first-order chi connectivity index (χ1) is 7.13. The third kappa shape index (κ3) is 4.00. The summed E-state index contributed by atoms with van der Waals surface area (Å²) in [7, 11) is 0. The zero-order valence-corrected chi connectivity index (χ0v) is 10.5. The van der Waals surface area contributed by atoms with E-state index in [0.717, 1.165) is 22.0 Å². The normalized spacial score (nSPS) is 10.0. The molecule has 2 heteroatoms. The minimum Gasteiger partial charge on any atom is -0.299 e. The largest absolute Gasteiger partial charge is 0.299 e. The van der Waals surface area contributed by atoms with Crippen LogP contribution in [0.3, 0.4) is 0 Å². The van der Waals surface area contributed by atoms with Crippen molar-refractivity contribution in [3.63, 3.8) is 0 Å². The lowest BCUT2D eigenvalue weighted by atomic mass is 10.0. The quantitative estimate of drug-likeness (QED) is 0.739. The highest BCUT2D eigenvalue weighted by atomic mass is 79.9. The standard InChI is InChI=1S/C13H15BrO/c1-3-10(2)8-12(15)9-11-6-4-5-7-13(11)14/h4-7H,2-3,8-9H2,1H3. The van der Waals surface area contributed by atoms with Crippen molar-refractivity contribution < 1.29 is 4.79 Å². The SMILES string of the molecule is C=C(CC)CC(=O)Cc1ccccc1Br. The highest BCUT2D eigenvalue weighted by Crippen LogP contribution is 2.17. The number of carbonyl (C=O) groups excluding carboxylic acids is 1. The van der Waals surface area contributed by atoms with Crippen LogP contribution < -0.4 is 0 Å². The molecule has 0 aliphatic rings. The van der Waals surface area contributed by atoms with Gasteiger partial charge in [0.15, 0.2) is 0 Å². The van der Waals surface area contributed by atoms with Gasteiger partial charge < -0.3 is 0 Å². The molecule has 0 fully saturated rings. The number of Topliss-reactive ketones (excluding diaryl/α,β-unsaturated/α-hetero) is 1. The predicted molar refractivity (Wildman–Crippen MR) is 66.9 cm³/mol. The van der Waals surface area contributed by atoms with E-state index in [2.05, 4.69) is 22.5 Å². The van der Waals surface area contributed by atoms with E-state index in [4.69, 9.17) is 0 Å². The zero-order chi connectivity index (χ0) is 11.3. The summed E-state index contributed by atoms with van der Waals surface area (Å²) in [5.74, 6) is 0.230. The van der Waals surface area contributed by atoms with Crippen LogP contribution in [0.4, 0.5) is 0 Å². The van der Waals surface area contributed by atoms with E-state index in [1.54, 1.807) is 0 Å². The molecule has 15 heavy (non-hydrogen) atoms. The number of ketones is 1. The first-order valence-corrected chi connectivity index (χ1v) is 5.84. The molecular weight excluding hydrogens is 252 g/mol. The second kappa shape index (κ2) is 5.86. The minimum atomic E-state index is 0.230. The number of benzene rings is 1. The number of halogens is 1. The summed E-state index contributed by atoms with van der Waals surface area (Å²) in [6.07, 6.45) is 1.86. The lowest BCUT2D eigenvalue weighted by molar-refractivity contribution is -0.117. The minimum absolute atomic E-state index is 0.230. The fourth-order valence-corrected chi connectivity index (χ4v) is 1.75. The van der Waals surface area contributed by atoms with Gasteiger partial charge in [0.1, 0.15) is 5.78 Å².